The first kappa shape index (κ1) is 24.8. The molecule has 3 aromatic rings. The molecule has 0 N–H and O–H groups in total. The molecule has 1 aliphatic rings. The third kappa shape index (κ3) is 6.65. The van der Waals surface area contributed by atoms with Gasteiger partial charge in [-0.3, -0.25) is 9.59 Å². The molecule has 0 atom stereocenters. The van der Waals surface area contributed by atoms with Crippen LogP contribution in [0.2, 0.25) is 0 Å². The summed E-state index contributed by atoms with van der Waals surface area (Å²) in [6, 6.07) is 18.1. The van der Waals surface area contributed by atoms with Crippen LogP contribution in [-0.4, -0.2) is 45.3 Å². The molecular weight excluding hydrogens is 438 g/mol. The van der Waals surface area contributed by atoms with Crippen molar-refractivity contribution >= 4 is 11.8 Å². The molecule has 2 amide bonds. The van der Waals surface area contributed by atoms with Gasteiger partial charge in [0.25, 0.3) is 5.91 Å². The van der Waals surface area contributed by atoms with Crippen LogP contribution in [0.4, 0.5) is 0 Å². The number of aromatic nitrogens is 1. The maximum Gasteiger partial charge on any atom is 0.290 e. The van der Waals surface area contributed by atoms with Crippen molar-refractivity contribution in [1.82, 2.24) is 14.4 Å². The minimum Gasteiger partial charge on any atom is -0.459 e. The molecule has 1 saturated carbocycles. The minimum atomic E-state index is -0.229. The van der Waals surface area contributed by atoms with Crippen LogP contribution in [0, 0.1) is 5.92 Å². The Hall–Kier alpha value is -3.28. The summed E-state index contributed by atoms with van der Waals surface area (Å²) in [5.74, 6) is 0.297. The summed E-state index contributed by atoms with van der Waals surface area (Å²) in [5.41, 5.74) is 2.34. The number of hydrogen-bond acceptors (Lipinski definition) is 3. The molecular formula is C29H37N3O3. The highest BCUT2D eigenvalue weighted by atomic mass is 16.3. The molecule has 6 nitrogen and oxygen atoms in total. The second-order valence-electron chi connectivity index (χ2n) is 9.98. The zero-order chi connectivity index (χ0) is 24.6. The number of rotatable bonds is 10. The fourth-order valence-corrected chi connectivity index (χ4v) is 4.99. The second kappa shape index (κ2) is 11.9. The topological polar surface area (TPSA) is 58.7 Å². The van der Waals surface area contributed by atoms with E-state index in [4.69, 9.17) is 4.42 Å². The van der Waals surface area contributed by atoms with Gasteiger partial charge >= 0.3 is 0 Å². The van der Waals surface area contributed by atoms with E-state index in [9.17, 15) is 9.59 Å². The first-order valence-electron chi connectivity index (χ1n) is 12.8. The standard InChI is InChI=1S/C29H37N3O3/c1-23(2)19-31(29(34)27-16-10-18-35-27)22-28(33)32(25-13-7-4-8-14-25)21-26-15-9-17-30(26)20-24-11-5-3-6-12-24/h3,5-6,9-12,15-18,23,25H,4,7-8,13-14,19-22H2,1-2H3. The van der Waals surface area contributed by atoms with Crippen molar-refractivity contribution in [2.24, 2.45) is 5.92 Å². The zero-order valence-corrected chi connectivity index (χ0v) is 20.9. The zero-order valence-electron chi connectivity index (χ0n) is 20.9. The van der Waals surface area contributed by atoms with Crippen molar-refractivity contribution in [2.45, 2.75) is 65.1 Å². The molecule has 0 spiro atoms. The molecule has 0 radical (unpaired) electrons. The number of carbonyl (C=O) groups excluding carboxylic acids is 2. The van der Waals surface area contributed by atoms with Gasteiger partial charge in [0.2, 0.25) is 5.91 Å². The lowest BCUT2D eigenvalue weighted by Crippen LogP contribution is -2.48. The monoisotopic (exact) mass is 475 g/mol. The van der Waals surface area contributed by atoms with Gasteiger partial charge in [0.1, 0.15) is 6.54 Å². The Labute approximate surface area is 208 Å². The van der Waals surface area contributed by atoms with Gasteiger partial charge in [0.05, 0.1) is 12.8 Å². The summed E-state index contributed by atoms with van der Waals surface area (Å²) >= 11 is 0. The van der Waals surface area contributed by atoms with E-state index in [0.717, 1.165) is 37.9 Å². The van der Waals surface area contributed by atoms with Crippen molar-refractivity contribution in [3.8, 4) is 0 Å². The van der Waals surface area contributed by atoms with E-state index in [-0.39, 0.29) is 36.1 Å². The van der Waals surface area contributed by atoms with Gasteiger partial charge in [-0.2, -0.15) is 0 Å². The predicted molar refractivity (Wildman–Crippen MR) is 137 cm³/mol. The van der Waals surface area contributed by atoms with E-state index in [2.05, 4.69) is 54.9 Å². The molecule has 0 unspecified atom stereocenters. The number of benzene rings is 1. The second-order valence-corrected chi connectivity index (χ2v) is 9.98. The van der Waals surface area contributed by atoms with Gasteiger partial charge < -0.3 is 18.8 Å². The highest BCUT2D eigenvalue weighted by Crippen LogP contribution is 2.25. The number of carbonyl (C=O) groups is 2. The Morgan fingerprint density at radius 2 is 1.77 bits per heavy atom. The summed E-state index contributed by atoms with van der Waals surface area (Å²) < 4.78 is 7.57. The maximum atomic E-state index is 13.8. The van der Waals surface area contributed by atoms with Crippen LogP contribution < -0.4 is 0 Å². The molecule has 1 aliphatic carbocycles. The van der Waals surface area contributed by atoms with Crippen molar-refractivity contribution in [1.29, 1.82) is 0 Å². The molecule has 0 bridgehead atoms. The van der Waals surface area contributed by atoms with Gasteiger partial charge in [0.15, 0.2) is 5.76 Å². The quantitative estimate of drug-likeness (QED) is 0.384. The number of hydrogen-bond donors (Lipinski definition) is 0. The Bertz CT molecular complexity index is 1070. The molecule has 186 valence electrons. The SMILES string of the molecule is CC(C)CN(CC(=O)N(Cc1cccn1Cc1ccccc1)C1CCCCC1)C(=O)c1ccco1. The minimum absolute atomic E-state index is 0.00455. The maximum absolute atomic E-state index is 13.8. The lowest BCUT2D eigenvalue weighted by molar-refractivity contribution is -0.135. The summed E-state index contributed by atoms with van der Waals surface area (Å²) in [7, 11) is 0. The van der Waals surface area contributed by atoms with E-state index in [1.807, 2.05) is 17.0 Å². The van der Waals surface area contributed by atoms with Gasteiger partial charge in [-0.1, -0.05) is 63.4 Å². The lowest BCUT2D eigenvalue weighted by atomic mass is 9.94. The third-order valence-corrected chi connectivity index (χ3v) is 6.72. The summed E-state index contributed by atoms with van der Waals surface area (Å²) in [6.07, 6.45) is 9.11. The molecule has 0 saturated heterocycles. The molecule has 6 heteroatoms. The number of amides is 2. The highest BCUT2D eigenvalue weighted by molar-refractivity contribution is 5.94. The first-order valence-corrected chi connectivity index (χ1v) is 12.8. The van der Waals surface area contributed by atoms with Crippen LogP contribution in [0.3, 0.4) is 0 Å². The summed E-state index contributed by atoms with van der Waals surface area (Å²) in [5, 5.41) is 0. The average molecular weight is 476 g/mol. The van der Waals surface area contributed by atoms with Crippen LogP contribution in [0.25, 0.3) is 0 Å². The van der Waals surface area contributed by atoms with E-state index >= 15 is 0 Å². The van der Waals surface area contributed by atoms with Gasteiger partial charge in [-0.15, -0.1) is 0 Å². The number of nitrogens with zero attached hydrogens (tertiary/aromatic N) is 3. The molecule has 1 fully saturated rings. The number of furan rings is 1. The van der Waals surface area contributed by atoms with E-state index in [1.54, 1.807) is 17.0 Å². The third-order valence-electron chi connectivity index (χ3n) is 6.72. The van der Waals surface area contributed by atoms with Crippen molar-refractivity contribution < 1.29 is 14.0 Å². The molecule has 4 rings (SSSR count). The Morgan fingerprint density at radius 3 is 2.46 bits per heavy atom. The molecule has 35 heavy (non-hydrogen) atoms. The fourth-order valence-electron chi connectivity index (χ4n) is 4.99. The molecule has 2 aromatic heterocycles. The average Bonchev–Trinajstić information content (AvgIpc) is 3.55. The van der Waals surface area contributed by atoms with Crippen LogP contribution in [0.15, 0.2) is 71.5 Å². The Balaban J connectivity index is 1.54. The smallest absolute Gasteiger partial charge is 0.290 e. The van der Waals surface area contributed by atoms with Gasteiger partial charge in [0, 0.05) is 31.0 Å². The lowest BCUT2D eigenvalue weighted by Gasteiger charge is -2.36. The largest absolute Gasteiger partial charge is 0.459 e. The molecule has 1 aromatic carbocycles. The Kier molecular flexibility index (Phi) is 8.45. The highest BCUT2D eigenvalue weighted by Gasteiger charge is 2.30. The van der Waals surface area contributed by atoms with Gasteiger partial charge in [-0.25, -0.2) is 0 Å². The summed E-state index contributed by atoms with van der Waals surface area (Å²) in [4.78, 5) is 30.6. The van der Waals surface area contributed by atoms with Crippen LogP contribution >= 0.6 is 0 Å². The fraction of sp³-hybridized carbons (Fsp3) is 0.448. The molecule has 0 aliphatic heterocycles. The van der Waals surface area contributed by atoms with Crippen LogP contribution in [0.5, 0.6) is 0 Å². The van der Waals surface area contributed by atoms with E-state index in [0.29, 0.717) is 13.1 Å². The van der Waals surface area contributed by atoms with Crippen LogP contribution in [-0.2, 0) is 17.9 Å². The first-order chi connectivity index (χ1) is 17.0. The van der Waals surface area contributed by atoms with Gasteiger partial charge in [-0.05, 0) is 48.6 Å². The Morgan fingerprint density at radius 1 is 1.00 bits per heavy atom. The van der Waals surface area contributed by atoms with E-state index < -0.39 is 0 Å². The normalized spacial score (nSPS) is 14.3. The molecule has 2 heterocycles. The summed E-state index contributed by atoms with van der Waals surface area (Å²) in [6.45, 7) is 6.01. The van der Waals surface area contributed by atoms with Crippen molar-refractivity contribution in [3.63, 3.8) is 0 Å². The van der Waals surface area contributed by atoms with Crippen LogP contribution in [0.1, 0.15) is 67.8 Å². The van der Waals surface area contributed by atoms with Crippen molar-refractivity contribution in [2.75, 3.05) is 13.1 Å². The predicted octanol–water partition coefficient (Wildman–Crippen LogP) is 5.59. The van der Waals surface area contributed by atoms with E-state index in [1.165, 1.54) is 18.2 Å². The van der Waals surface area contributed by atoms with Crippen molar-refractivity contribution in [3.05, 3.63) is 84.1 Å².